The van der Waals surface area contributed by atoms with E-state index in [1.165, 1.54) is 0 Å². The Balaban J connectivity index is 1.75. The van der Waals surface area contributed by atoms with Crippen LogP contribution in [0.1, 0.15) is 12.0 Å². The molecular formula is C16H21ClN2O3. The van der Waals surface area contributed by atoms with E-state index >= 15 is 0 Å². The summed E-state index contributed by atoms with van der Waals surface area (Å²) in [5.41, 5.74) is 0.971. The van der Waals surface area contributed by atoms with Gasteiger partial charge in [-0.2, -0.15) is 0 Å². The van der Waals surface area contributed by atoms with Crippen molar-refractivity contribution < 1.29 is 14.3 Å². The van der Waals surface area contributed by atoms with Crippen LogP contribution in [0.2, 0.25) is 0 Å². The minimum Gasteiger partial charge on any atom is -0.445 e. The third-order valence-electron chi connectivity index (χ3n) is 3.82. The largest absolute Gasteiger partial charge is 0.445 e. The van der Waals surface area contributed by atoms with Gasteiger partial charge in [0.25, 0.3) is 0 Å². The first-order valence-corrected chi connectivity index (χ1v) is 7.89. The Labute approximate surface area is 135 Å². The van der Waals surface area contributed by atoms with Crippen molar-refractivity contribution >= 4 is 23.6 Å². The van der Waals surface area contributed by atoms with Crippen LogP contribution in [0.5, 0.6) is 0 Å². The minimum absolute atomic E-state index is 0.00789. The summed E-state index contributed by atoms with van der Waals surface area (Å²) in [6.07, 6.45) is 0.582. The fraction of sp³-hybridized carbons (Fsp3) is 0.500. The summed E-state index contributed by atoms with van der Waals surface area (Å²) in [6.45, 7) is 2.19. The van der Waals surface area contributed by atoms with Gasteiger partial charge in [0.2, 0.25) is 5.91 Å². The molecule has 1 aliphatic heterocycles. The Kier molecular flexibility index (Phi) is 6.07. The molecule has 1 atom stereocenters. The first-order chi connectivity index (χ1) is 10.6. The second-order valence-electron chi connectivity index (χ2n) is 5.55. The van der Waals surface area contributed by atoms with E-state index in [1.807, 2.05) is 30.3 Å². The van der Waals surface area contributed by atoms with E-state index in [0.717, 1.165) is 12.0 Å². The number of amides is 2. The van der Waals surface area contributed by atoms with E-state index < -0.39 is 0 Å². The predicted molar refractivity (Wildman–Crippen MR) is 84.7 cm³/mol. The van der Waals surface area contributed by atoms with Crippen LogP contribution in [0.15, 0.2) is 30.3 Å². The maximum Gasteiger partial charge on any atom is 0.410 e. The summed E-state index contributed by atoms with van der Waals surface area (Å²) in [7, 11) is 1.74. The molecule has 2 rings (SSSR count). The first-order valence-electron chi connectivity index (χ1n) is 7.35. The lowest BCUT2D eigenvalue weighted by Crippen LogP contribution is -2.35. The molecule has 0 radical (unpaired) electrons. The van der Waals surface area contributed by atoms with Crippen LogP contribution >= 0.6 is 11.6 Å². The molecule has 0 N–H and O–H groups in total. The SMILES string of the molecule is CN(CC1CCN(C(=O)OCc2ccccc2)C1)C(=O)CCl. The summed E-state index contributed by atoms with van der Waals surface area (Å²) in [4.78, 5) is 26.8. The molecule has 0 spiro atoms. The van der Waals surface area contributed by atoms with Crippen molar-refractivity contribution in [1.29, 1.82) is 0 Å². The van der Waals surface area contributed by atoms with Gasteiger partial charge in [0.1, 0.15) is 12.5 Å². The van der Waals surface area contributed by atoms with E-state index in [-0.39, 0.29) is 30.4 Å². The zero-order valence-corrected chi connectivity index (χ0v) is 13.5. The number of hydrogen-bond acceptors (Lipinski definition) is 3. The summed E-state index contributed by atoms with van der Waals surface area (Å²) in [6, 6.07) is 9.60. The van der Waals surface area contributed by atoms with Gasteiger partial charge in [-0.1, -0.05) is 30.3 Å². The van der Waals surface area contributed by atoms with Gasteiger partial charge in [-0.05, 0) is 17.9 Å². The van der Waals surface area contributed by atoms with Gasteiger partial charge in [0.05, 0.1) is 0 Å². The fourth-order valence-electron chi connectivity index (χ4n) is 2.55. The summed E-state index contributed by atoms with van der Waals surface area (Å²) in [5.74, 6) is 0.180. The van der Waals surface area contributed by atoms with Crippen molar-refractivity contribution in [3.63, 3.8) is 0 Å². The normalized spacial score (nSPS) is 17.4. The number of benzene rings is 1. The highest BCUT2D eigenvalue weighted by atomic mass is 35.5. The van der Waals surface area contributed by atoms with Gasteiger partial charge in [-0.3, -0.25) is 4.79 Å². The third-order valence-corrected chi connectivity index (χ3v) is 4.05. The Bertz CT molecular complexity index is 509. The van der Waals surface area contributed by atoms with Gasteiger partial charge in [-0.25, -0.2) is 4.79 Å². The second kappa shape index (κ2) is 8.03. The number of rotatable bonds is 5. The van der Waals surface area contributed by atoms with Crippen LogP contribution in [-0.4, -0.2) is 54.4 Å². The van der Waals surface area contributed by atoms with Gasteiger partial charge in [0, 0.05) is 26.7 Å². The van der Waals surface area contributed by atoms with Gasteiger partial charge in [0.15, 0.2) is 0 Å². The van der Waals surface area contributed by atoms with Gasteiger partial charge in [-0.15, -0.1) is 11.6 Å². The summed E-state index contributed by atoms with van der Waals surface area (Å²) in [5, 5.41) is 0. The van der Waals surface area contributed by atoms with Crippen molar-refractivity contribution in [1.82, 2.24) is 9.80 Å². The predicted octanol–water partition coefficient (Wildman–Crippen LogP) is 2.34. The number of nitrogens with zero attached hydrogens (tertiary/aromatic N) is 2. The maximum absolute atomic E-state index is 12.0. The first kappa shape index (κ1) is 16.6. The number of alkyl halides is 1. The van der Waals surface area contributed by atoms with Crippen LogP contribution in [0.25, 0.3) is 0 Å². The van der Waals surface area contributed by atoms with Crippen molar-refractivity contribution in [3.05, 3.63) is 35.9 Å². The Morgan fingerprint density at radius 2 is 2.09 bits per heavy atom. The van der Waals surface area contributed by atoms with Crippen LogP contribution in [0, 0.1) is 5.92 Å². The monoisotopic (exact) mass is 324 g/mol. The molecule has 22 heavy (non-hydrogen) atoms. The Morgan fingerprint density at radius 3 is 2.77 bits per heavy atom. The second-order valence-corrected chi connectivity index (χ2v) is 5.82. The van der Waals surface area contributed by atoms with Crippen molar-refractivity contribution in [3.8, 4) is 0 Å². The number of carbonyl (C=O) groups excluding carboxylic acids is 2. The maximum atomic E-state index is 12.0. The van der Waals surface area contributed by atoms with Crippen molar-refractivity contribution in [2.24, 2.45) is 5.92 Å². The molecule has 1 unspecified atom stereocenters. The average Bonchev–Trinajstić information content (AvgIpc) is 3.01. The molecular weight excluding hydrogens is 304 g/mol. The van der Waals surface area contributed by atoms with Crippen LogP contribution in [0.3, 0.4) is 0 Å². The Morgan fingerprint density at radius 1 is 1.36 bits per heavy atom. The van der Waals surface area contributed by atoms with Crippen LogP contribution in [-0.2, 0) is 16.1 Å². The highest BCUT2D eigenvalue weighted by Crippen LogP contribution is 2.18. The molecule has 1 saturated heterocycles. The summed E-state index contributed by atoms with van der Waals surface area (Å²) >= 11 is 5.54. The van der Waals surface area contributed by atoms with Gasteiger partial charge < -0.3 is 14.5 Å². The van der Waals surface area contributed by atoms with Crippen LogP contribution < -0.4 is 0 Å². The van der Waals surface area contributed by atoms with Crippen molar-refractivity contribution in [2.45, 2.75) is 13.0 Å². The average molecular weight is 325 g/mol. The lowest BCUT2D eigenvalue weighted by molar-refractivity contribution is -0.127. The molecule has 2 amide bonds. The number of likely N-dealkylation sites (tertiary alicyclic amines) is 1. The van der Waals surface area contributed by atoms with Crippen molar-refractivity contribution in [2.75, 3.05) is 32.6 Å². The lowest BCUT2D eigenvalue weighted by Gasteiger charge is -2.21. The molecule has 1 fully saturated rings. The fourth-order valence-corrected chi connectivity index (χ4v) is 2.75. The molecule has 1 aliphatic rings. The minimum atomic E-state index is -0.294. The molecule has 6 heteroatoms. The molecule has 1 aromatic carbocycles. The molecule has 5 nitrogen and oxygen atoms in total. The van der Waals surface area contributed by atoms with E-state index in [9.17, 15) is 9.59 Å². The van der Waals surface area contributed by atoms with E-state index in [1.54, 1.807) is 16.8 Å². The number of halogens is 1. The van der Waals surface area contributed by atoms with E-state index in [2.05, 4.69) is 0 Å². The topological polar surface area (TPSA) is 49.9 Å². The quantitative estimate of drug-likeness (QED) is 0.781. The van der Waals surface area contributed by atoms with E-state index in [4.69, 9.17) is 16.3 Å². The number of hydrogen-bond donors (Lipinski definition) is 0. The zero-order chi connectivity index (χ0) is 15.9. The summed E-state index contributed by atoms with van der Waals surface area (Å²) < 4.78 is 5.32. The van der Waals surface area contributed by atoms with E-state index in [0.29, 0.717) is 19.6 Å². The Hall–Kier alpha value is -1.75. The number of ether oxygens (including phenoxy) is 1. The highest BCUT2D eigenvalue weighted by Gasteiger charge is 2.28. The molecule has 120 valence electrons. The molecule has 0 saturated carbocycles. The lowest BCUT2D eigenvalue weighted by atomic mass is 10.1. The molecule has 0 bridgehead atoms. The molecule has 1 heterocycles. The standard InChI is InChI=1S/C16H21ClN2O3/c1-18(15(20)9-17)10-14-7-8-19(11-14)16(21)22-12-13-5-3-2-4-6-13/h2-6,14H,7-12H2,1H3. The highest BCUT2D eigenvalue weighted by molar-refractivity contribution is 6.27. The molecule has 0 aromatic heterocycles. The number of carbonyl (C=O) groups is 2. The molecule has 1 aromatic rings. The van der Waals surface area contributed by atoms with Crippen LogP contribution in [0.4, 0.5) is 4.79 Å². The smallest absolute Gasteiger partial charge is 0.410 e. The van der Waals surface area contributed by atoms with Gasteiger partial charge >= 0.3 is 6.09 Å². The molecule has 0 aliphatic carbocycles. The third kappa shape index (κ3) is 4.63. The zero-order valence-electron chi connectivity index (χ0n) is 12.7.